The van der Waals surface area contributed by atoms with Crippen LogP contribution in [-0.4, -0.2) is 23.4 Å². The molecular weight excluding hydrogens is 544 g/mol. The van der Waals surface area contributed by atoms with E-state index < -0.39 is 0 Å². The number of para-hydroxylation sites is 1. The number of benzene rings is 3. The SMILES string of the molecule is CCCN1/C(=C/C=C2\CCCC(/C=C/C3=[N+](CCC)c4ccc5ccccc5c4C3(C)C)=C2Cl)C(C)(C)c2ccccc21. The summed E-state index contributed by atoms with van der Waals surface area (Å²) in [7, 11) is 0. The largest absolute Gasteiger partial charge is 0.344 e. The minimum atomic E-state index is -0.0988. The summed E-state index contributed by atoms with van der Waals surface area (Å²) in [5.41, 5.74) is 10.6. The third-order valence-electron chi connectivity index (χ3n) is 9.79. The number of nitrogens with zero attached hydrogens (tertiary/aromatic N) is 2. The van der Waals surface area contributed by atoms with Gasteiger partial charge in [0, 0.05) is 52.5 Å². The third kappa shape index (κ3) is 5.02. The first-order valence-corrected chi connectivity index (χ1v) is 16.6. The maximum Gasteiger partial charge on any atom is 0.210 e. The molecule has 2 nitrogen and oxygen atoms in total. The third-order valence-corrected chi connectivity index (χ3v) is 10.3. The van der Waals surface area contributed by atoms with Crippen LogP contribution in [0, 0.1) is 0 Å². The predicted octanol–water partition coefficient (Wildman–Crippen LogP) is 10.9. The van der Waals surface area contributed by atoms with Crippen molar-refractivity contribution in [3.63, 3.8) is 0 Å². The maximum absolute atomic E-state index is 7.21. The Morgan fingerprint density at radius 3 is 2.40 bits per heavy atom. The molecule has 0 unspecified atom stereocenters. The minimum absolute atomic E-state index is 0.0387. The van der Waals surface area contributed by atoms with E-state index in [9.17, 15) is 0 Å². The number of hydrogen-bond donors (Lipinski definition) is 0. The van der Waals surface area contributed by atoms with Gasteiger partial charge in [-0.1, -0.05) is 93.9 Å². The van der Waals surface area contributed by atoms with Crippen LogP contribution in [0.3, 0.4) is 0 Å². The normalized spacial score (nSPS) is 21.1. The summed E-state index contributed by atoms with van der Waals surface area (Å²) in [6.07, 6.45) is 14.7. The quantitative estimate of drug-likeness (QED) is 0.248. The molecule has 2 heterocycles. The molecule has 0 saturated carbocycles. The van der Waals surface area contributed by atoms with Gasteiger partial charge >= 0.3 is 0 Å². The lowest BCUT2D eigenvalue weighted by Crippen LogP contribution is -2.28. The zero-order valence-corrected chi connectivity index (χ0v) is 27.6. The van der Waals surface area contributed by atoms with Gasteiger partial charge in [0.05, 0.1) is 5.41 Å². The van der Waals surface area contributed by atoms with Crippen molar-refractivity contribution < 1.29 is 4.58 Å². The highest BCUT2D eigenvalue weighted by molar-refractivity contribution is 6.32. The molecule has 0 atom stereocenters. The van der Waals surface area contributed by atoms with Crippen molar-refractivity contribution in [2.45, 2.75) is 84.5 Å². The zero-order chi connectivity index (χ0) is 30.4. The average Bonchev–Trinajstić information content (AvgIpc) is 3.35. The van der Waals surface area contributed by atoms with Crippen LogP contribution >= 0.6 is 11.6 Å². The van der Waals surface area contributed by atoms with E-state index in [2.05, 4.69) is 136 Å². The summed E-state index contributed by atoms with van der Waals surface area (Å²) >= 11 is 7.21. The standard InChI is InChI=1S/C40H46ClN2/c1-7-26-42-33-19-12-11-18-32(33)39(3,4)35(42)24-21-29-15-13-16-30(38(29)41)22-25-36-40(5,6)37-31-17-10-9-14-28(31)20-23-34(37)43(36)27-8-2/h9-12,14,17-25H,7-8,13,15-16,26-27H2,1-6H3/q+1. The van der Waals surface area contributed by atoms with Crippen LogP contribution in [0.2, 0.25) is 0 Å². The highest BCUT2D eigenvalue weighted by Crippen LogP contribution is 2.48. The van der Waals surface area contributed by atoms with Gasteiger partial charge in [0.1, 0.15) is 6.54 Å². The lowest BCUT2D eigenvalue weighted by molar-refractivity contribution is -0.437. The van der Waals surface area contributed by atoms with Crippen molar-refractivity contribution in [1.29, 1.82) is 0 Å². The molecule has 0 aromatic heterocycles. The van der Waals surface area contributed by atoms with Gasteiger partial charge in [-0.25, -0.2) is 0 Å². The van der Waals surface area contributed by atoms with Crippen molar-refractivity contribution in [3.05, 3.63) is 118 Å². The molecule has 222 valence electrons. The molecule has 0 saturated heterocycles. The summed E-state index contributed by atoms with van der Waals surface area (Å²) in [6, 6.07) is 22.3. The fourth-order valence-corrected chi connectivity index (χ4v) is 7.99. The van der Waals surface area contributed by atoms with Gasteiger partial charge in [0.2, 0.25) is 5.69 Å². The molecule has 0 spiro atoms. The van der Waals surface area contributed by atoms with E-state index in [0.29, 0.717) is 0 Å². The molecule has 3 heteroatoms. The number of halogens is 1. The molecule has 6 rings (SSSR count). The van der Waals surface area contributed by atoms with E-state index >= 15 is 0 Å². The monoisotopic (exact) mass is 589 g/mol. The van der Waals surface area contributed by atoms with E-state index in [4.69, 9.17) is 11.6 Å². The van der Waals surface area contributed by atoms with Gasteiger partial charge in [-0.3, -0.25) is 0 Å². The van der Waals surface area contributed by atoms with Gasteiger partial charge in [0.15, 0.2) is 5.71 Å². The van der Waals surface area contributed by atoms with Crippen LogP contribution in [0.4, 0.5) is 11.4 Å². The minimum Gasteiger partial charge on any atom is -0.344 e. The Hall–Kier alpha value is -3.36. The van der Waals surface area contributed by atoms with Crippen LogP contribution in [0.1, 0.15) is 84.8 Å². The van der Waals surface area contributed by atoms with Crippen molar-refractivity contribution >= 4 is 39.5 Å². The second-order valence-corrected chi connectivity index (χ2v) is 13.8. The maximum atomic E-state index is 7.21. The summed E-state index contributed by atoms with van der Waals surface area (Å²) in [5, 5.41) is 3.59. The van der Waals surface area contributed by atoms with E-state index in [1.54, 1.807) is 0 Å². The first-order chi connectivity index (χ1) is 20.7. The number of hydrogen-bond acceptors (Lipinski definition) is 1. The van der Waals surface area contributed by atoms with Crippen LogP contribution in [0.15, 0.2) is 107 Å². The van der Waals surface area contributed by atoms with Crippen LogP contribution < -0.4 is 4.90 Å². The molecule has 0 fully saturated rings. The Morgan fingerprint density at radius 2 is 1.60 bits per heavy atom. The van der Waals surface area contributed by atoms with Gasteiger partial charge in [-0.05, 0) is 85.2 Å². The molecule has 0 radical (unpaired) electrons. The van der Waals surface area contributed by atoms with E-state index in [1.807, 2.05) is 0 Å². The molecule has 3 aromatic rings. The smallest absolute Gasteiger partial charge is 0.210 e. The lowest BCUT2D eigenvalue weighted by atomic mass is 9.79. The first kappa shape index (κ1) is 29.7. The molecule has 0 amide bonds. The van der Waals surface area contributed by atoms with Gasteiger partial charge in [-0.15, -0.1) is 0 Å². The highest BCUT2D eigenvalue weighted by atomic mass is 35.5. The molecule has 0 N–H and O–H groups in total. The van der Waals surface area contributed by atoms with Gasteiger partial charge in [-0.2, -0.15) is 4.58 Å². The molecular formula is C40H46ClN2+. The lowest BCUT2D eigenvalue weighted by Gasteiger charge is -2.27. The molecule has 0 bridgehead atoms. The molecule has 3 aromatic carbocycles. The molecule has 3 aliphatic rings. The van der Waals surface area contributed by atoms with Crippen LogP contribution in [0.25, 0.3) is 10.8 Å². The van der Waals surface area contributed by atoms with Crippen molar-refractivity contribution in [3.8, 4) is 0 Å². The second kappa shape index (κ2) is 11.6. The van der Waals surface area contributed by atoms with E-state index in [0.717, 1.165) is 50.2 Å². The second-order valence-electron chi connectivity index (χ2n) is 13.4. The fourth-order valence-electron chi connectivity index (χ4n) is 7.67. The van der Waals surface area contributed by atoms with Gasteiger partial charge in [0.25, 0.3) is 0 Å². The topological polar surface area (TPSA) is 6.25 Å². The van der Waals surface area contributed by atoms with E-state index in [-0.39, 0.29) is 10.8 Å². The Morgan fingerprint density at radius 1 is 0.837 bits per heavy atom. The first-order valence-electron chi connectivity index (χ1n) is 16.2. The Bertz CT molecular complexity index is 1730. The van der Waals surface area contributed by atoms with Crippen molar-refractivity contribution in [2.24, 2.45) is 0 Å². The Labute approximate surface area is 263 Å². The summed E-state index contributed by atoms with van der Waals surface area (Å²) in [6.45, 7) is 16.0. The Balaban J connectivity index is 1.36. The van der Waals surface area contributed by atoms with Crippen LogP contribution in [-0.2, 0) is 10.8 Å². The van der Waals surface area contributed by atoms with Crippen LogP contribution in [0.5, 0.6) is 0 Å². The Kier molecular flexibility index (Phi) is 8.03. The number of fused-ring (bicyclic) bond motifs is 4. The molecule has 1 aliphatic carbocycles. The van der Waals surface area contributed by atoms with Crippen molar-refractivity contribution in [2.75, 3.05) is 18.0 Å². The number of rotatable bonds is 7. The predicted molar refractivity (Wildman–Crippen MR) is 186 cm³/mol. The zero-order valence-electron chi connectivity index (χ0n) is 26.8. The summed E-state index contributed by atoms with van der Waals surface area (Å²) < 4.78 is 2.54. The average molecular weight is 590 g/mol. The molecule has 2 aliphatic heterocycles. The molecule has 43 heavy (non-hydrogen) atoms. The summed E-state index contributed by atoms with van der Waals surface area (Å²) in [5.74, 6) is 0. The van der Waals surface area contributed by atoms with E-state index in [1.165, 1.54) is 55.8 Å². The van der Waals surface area contributed by atoms with Crippen molar-refractivity contribution in [1.82, 2.24) is 0 Å². The number of allylic oxidation sites excluding steroid dienone is 8. The highest BCUT2D eigenvalue weighted by Gasteiger charge is 2.45. The fraction of sp³-hybridized carbons (Fsp3) is 0.375. The number of anilines is 1. The van der Waals surface area contributed by atoms with Gasteiger partial charge < -0.3 is 4.90 Å². The summed E-state index contributed by atoms with van der Waals surface area (Å²) in [4.78, 5) is 2.51.